The van der Waals surface area contributed by atoms with Crippen LogP contribution in [0, 0.1) is 0 Å². The molecule has 0 aliphatic carbocycles. The third kappa shape index (κ3) is 6.75. The molecule has 168 valence electrons. The molecule has 0 heterocycles. The zero-order valence-corrected chi connectivity index (χ0v) is 19.6. The lowest BCUT2D eigenvalue weighted by atomic mass is 9.95. The second-order valence-electron chi connectivity index (χ2n) is 8.17. The Labute approximate surface area is 193 Å². The summed E-state index contributed by atoms with van der Waals surface area (Å²) in [6, 6.07) is 23.3. The summed E-state index contributed by atoms with van der Waals surface area (Å²) in [4.78, 5) is 0. The van der Waals surface area contributed by atoms with Gasteiger partial charge in [-0.3, -0.25) is 0 Å². The van der Waals surface area contributed by atoms with Gasteiger partial charge < -0.3 is 9.47 Å². The molecule has 0 aliphatic heterocycles. The van der Waals surface area contributed by atoms with Crippen LogP contribution in [0.15, 0.2) is 73.3 Å². The van der Waals surface area contributed by atoms with Crippen molar-refractivity contribution in [3.63, 3.8) is 0 Å². The van der Waals surface area contributed by atoms with Crippen molar-refractivity contribution in [3.05, 3.63) is 78.9 Å². The highest BCUT2D eigenvalue weighted by Gasteiger charge is 2.07. The summed E-state index contributed by atoms with van der Waals surface area (Å²) in [6.45, 7) is 10.0. The molecular formula is C30H36O2. The number of unbranched alkanes of at least 4 members (excludes halogenated alkanes) is 4. The first-order valence-corrected chi connectivity index (χ1v) is 12.0. The Morgan fingerprint density at radius 2 is 1.12 bits per heavy atom. The topological polar surface area (TPSA) is 18.5 Å². The zero-order valence-electron chi connectivity index (χ0n) is 19.6. The van der Waals surface area contributed by atoms with Gasteiger partial charge in [-0.25, -0.2) is 0 Å². The van der Waals surface area contributed by atoms with E-state index in [4.69, 9.17) is 9.47 Å². The molecule has 2 heteroatoms. The smallest absolute Gasteiger partial charge is 0.119 e. The highest BCUT2D eigenvalue weighted by atomic mass is 16.5. The van der Waals surface area contributed by atoms with Crippen molar-refractivity contribution in [1.29, 1.82) is 0 Å². The molecular weight excluding hydrogens is 392 g/mol. The number of rotatable bonds is 13. The monoisotopic (exact) mass is 428 g/mol. The number of ether oxygens (including phenoxy) is 2. The minimum absolute atomic E-state index is 0.780. The van der Waals surface area contributed by atoms with E-state index >= 15 is 0 Å². The van der Waals surface area contributed by atoms with Crippen LogP contribution in [0.25, 0.3) is 28.3 Å². The van der Waals surface area contributed by atoms with Crippen molar-refractivity contribution < 1.29 is 9.47 Å². The van der Waals surface area contributed by atoms with Gasteiger partial charge in [-0.05, 0) is 71.0 Å². The van der Waals surface area contributed by atoms with Crippen molar-refractivity contribution in [2.24, 2.45) is 0 Å². The molecule has 3 aromatic rings. The standard InChI is InChI=1S/C30H36O2/c1-4-7-9-21-31-28-16-11-25(12-17-28)27-15-20-30(24(6-3)23-27)26-13-18-29(19-14-26)32-22-10-8-5-2/h6,11-20,23H,3-5,7-10,21-22H2,1-2H3. The van der Waals surface area contributed by atoms with E-state index in [1.165, 1.54) is 47.9 Å². The van der Waals surface area contributed by atoms with Crippen LogP contribution in [0.1, 0.15) is 57.9 Å². The molecule has 0 bridgehead atoms. The third-order valence-corrected chi connectivity index (χ3v) is 5.66. The summed E-state index contributed by atoms with van der Waals surface area (Å²) >= 11 is 0. The van der Waals surface area contributed by atoms with Gasteiger partial charge in [0.1, 0.15) is 11.5 Å². The molecule has 0 fully saturated rings. The van der Waals surface area contributed by atoms with E-state index in [9.17, 15) is 0 Å². The molecule has 3 rings (SSSR count). The molecule has 0 saturated carbocycles. The van der Waals surface area contributed by atoms with Crippen LogP contribution in [0.2, 0.25) is 0 Å². The number of benzene rings is 3. The highest BCUT2D eigenvalue weighted by Crippen LogP contribution is 2.31. The predicted octanol–water partition coefficient (Wildman–Crippen LogP) is 8.80. The molecule has 0 spiro atoms. The van der Waals surface area contributed by atoms with E-state index in [-0.39, 0.29) is 0 Å². The first-order chi connectivity index (χ1) is 15.7. The SMILES string of the molecule is C=Cc1cc(-c2ccc(OCCCCC)cc2)ccc1-c1ccc(OCCCCC)cc1. The summed E-state index contributed by atoms with van der Waals surface area (Å²) < 4.78 is 11.7. The first-order valence-electron chi connectivity index (χ1n) is 12.0. The largest absolute Gasteiger partial charge is 0.494 e. The van der Waals surface area contributed by atoms with E-state index in [1.807, 2.05) is 6.08 Å². The highest BCUT2D eigenvalue weighted by molar-refractivity contribution is 5.79. The second-order valence-corrected chi connectivity index (χ2v) is 8.17. The van der Waals surface area contributed by atoms with Gasteiger partial charge in [0.2, 0.25) is 0 Å². The first kappa shape index (κ1) is 23.7. The van der Waals surface area contributed by atoms with Gasteiger partial charge in [0.05, 0.1) is 13.2 Å². The van der Waals surface area contributed by atoms with Crippen LogP contribution >= 0.6 is 0 Å². The van der Waals surface area contributed by atoms with Crippen LogP contribution in [-0.4, -0.2) is 13.2 Å². The Morgan fingerprint density at radius 1 is 0.625 bits per heavy atom. The summed E-state index contributed by atoms with van der Waals surface area (Å²) in [7, 11) is 0. The fourth-order valence-corrected chi connectivity index (χ4v) is 3.73. The Hall–Kier alpha value is -3.00. The van der Waals surface area contributed by atoms with Crippen molar-refractivity contribution in [1.82, 2.24) is 0 Å². The minimum atomic E-state index is 0.780. The Balaban J connectivity index is 1.68. The number of hydrogen-bond donors (Lipinski definition) is 0. The second kappa shape index (κ2) is 12.8. The van der Waals surface area contributed by atoms with Crippen molar-refractivity contribution in [3.8, 4) is 33.8 Å². The Kier molecular flexibility index (Phi) is 9.43. The molecule has 32 heavy (non-hydrogen) atoms. The summed E-state index contributed by atoms with van der Waals surface area (Å²) in [5, 5.41) is 0. The van der Waals surface area contributed by atoms with Gasteiger partial charge in [-0.2, -0.15) is 0 Å². The van der Waals surface area contributed by atoms with Gasteiger partial charge in [-0.15, -0.1) is 0 Å². The molecule has 0 unspecified atom stereocenters. The van der Waals surface area contributed by atoms with E-state index < -0.39 is 0 Å². The summed E-state index contributed by atoms with van der Waals surface area (Å²) in [5.74, 6) is 1.86. The Bertz CT molecular complexity index is 955. The predicted molar refractivity (Wildman–Crippen MR) is 137 cm³/mol. The average Bonchev–Trinajstić information content (AvgIpc) is 2.85. The van der Waals surface area contributed by atoms with Gasteiger partial charge in [0.15, 0.2) is 0 Å². The summed E-state index contributed by atoms with van der Waals surface area (Å²) in [5.41, 5.74) is 5.83. The van der Waals surface area contributed by atoms with Crippen LogP contribution in [0.4, 0.5) is 0 Å². The summed E-state index contributed by atoms with van der Waals surface area (Å²) in [6.07, 6.45) is 8.98. The normalized spacial score (nSPS) is 10.7. The lowest BCUT2D eigenvalue weighted by molar-refractivity contribution is 0.306. The molecule has 0 radical (unpaired) electrons. The maximum Gasteiger partial charge on any atom is 0.119 e. The molecule has 0 aromatic heterocycles. The molecule has 2 nitrogen and oxygen atoms in total. The fourth-order valence-electron chi connectivity index (χ4n) is 3.73. The molecule has 0 atom stereocenters. The quantitative estimate of drug-likeness (QED) is 0.253. The minimum Gasteiger partial charge on any atom is -0.494 e. The third-order valence-electron chi connectivity index (χ3n) is 5.66. The van der Waals surface area contributed by atoms with Gasteiger partial charge >= 0.3 is 0 Å². The molecule has 0 amide bonds. The van der Waals surface area contributed by atoms with Crippen molar-refractivity contribution in [2.45, 2.75) is 52.4 Å². The lowest BCUT2D eigenvalue weighted by Gasteiger charge is -2.12. The van der Waals surface area contributed by atoms with E-state index in [0.717, 1.165) is 43.1 Å². The van der Waals surface area contributed by atoms with Gasteiger partial charge in [0, 0.05) is 0 Å². The van der Waals surface area contributed by atoms with E-state index in [2.05, 4.69) is 87.2 Å². The maximum atomic E-state index is 5.85. The van der Waals surface area contributed by atoms with Crippen LogP contribution in [0.5, 0.6) is 11.5 Å². The van der Waals surface area contributed by atoms with Gasteiger partial charge in [-0.1, -0.05) is 88.6 Å². The average molecular weight is 429 g/mol. The zero-order chi connectivity index (χ0) is 22.6. The van der Waals surface area contributed by atoms with Gasteiger partial charge in [0.25, 0.3) is 0 Å². The molecule has 0 N–H and O–H groups in total. The fraction of sp³-hybridized carbons (Fsp3) is 0.333. The molecule has 0 saturated heterocycles. The molecule has 0 aliphatic rings. The lowest BCUT2D eigenvalue weighted by Crippen LogP contribution is -1.97. The maximum absolute atomic E-state index is 5.85. The number of hydrogen-bond acceptors (Lipinski definition) is 2. The molecule has 3 aromatic carbocycles. The Morgan fingerprint density at radius 3 is 1.62 bits per heavy atom. The van der Waals surface area contributed by atoms with Crippen LogP contribution < -0.4 is 9.47 Å². The van der Waals surface area contributed by atoms with Crippen LogP contribution in [-0.2, 0) is 0 Å². The van der Waals surface area contributed by atoms with E-state index in [0.29, 0.717) is 0 Å². The van der Waals surface area contributed by atoms with Crippen molar-refractivity contribution >= 4 is 6.08 Å². The van der Waals surface area contributed by atoms with Crippen molar-refractivity contribution in [2.75, 3.05) is 13.2 Å². The van der Waals surface area contributed by atoms with E-state index in [1.54, 1.807) is 0 Å². The van der Waals surface area contributed by atoms with Crippen LogP contribution in [0.3, 0.4) is 0 Å².